The van der Waals surface area contributed by atoms with Crippen molar-refractivity contribution < 1.29 is 0 Å². The molecule has 0 unspecified atom stereocenters. The van der Waals surface area contributed by atoms with Gasteiger partial charge in [-0.15, -0.1) is 11.3 Å². The smallest absolute Gasteiger partial charge is 0.164 e. The molecule has 0 fully saturated rings. The van der Waals surface area contributed by atoms with Crippen LogP contribution in [0.3, 0.4) is 0 Å². The second kappa shape index (κ2) is 14.4. The van der Waals surface area contributed by atoms with Crippen molar-refractivity contribution in [2.45, 2.75) is 19.3 Å². The summed E-state index contributed by atoms with van der Waals surface area (Å²) in [7, 11) is 0. The fourth-order valence-electron chi connectivity index (χ4n) is 10.8. The highest BCUT2D eigenvalue weighted by Crippen LogP contribution is 2.50. The molecule has 10 aromatic carbocycles. The molecule has 0 atom stereocenters. The van der Waals surface area contributed by atoms with Crippen LogP contribution in [0.2, 0.25) is 0 Å². The molecule has 0 saturated heterocycles. The first kappa shape index (κ1) is 38.1. The Labute approximate surface area is 391 Å². The lowest BCUT2D eigenvalue weighted by Gasteiger charge is -2.21. The van der Waals surface area contributed by atoms with Gasteiger partial charge in [-0.25, -0.2) is 15.0 Å². The minimum absolute atomic E-state index is 0.0951. The van der Waals surface area contributed by atoms with E-state index in [1.54, 1.807) is 0 Å². The Morgan fingerprint density at radius 1 is 0.373 bits per heavy atom. The molecule has 0 bridgehead atoms. The monoisotopic (exact) mass is 872 g/mol. The van der Waals surface area contributed by atoms with Crippen molar-refractivity contribution in [2.75, 3.05) is 0 Å². The summed E-state index contributed by atoms with van der Waals surface area (Å²) in [5.41, 5.74) is 13.8. The van der Waals surface area contributed by atoms with Crippen LogP contribution in [0.5, 0.6) is 0 Å². The van der Waals surface area contributed by atoms with E-state index in [4.69, 9.17) is 15.0 Å². The average molecular weight is 873 g/mol. The molecule has 3 aromatic heterocycles. The maximum atomic E-state index is 5.30. The molecule has 67 heavy (non-hydrogen) atoms. The molecule has 4 nitrogen and oxygen atoms in total. The van der Waals surface area contributed by atoms with Crippen molar-refractivity contribution in [1.82, 2.24) is 19.5 Å². The Balaban J connectivity index is 0.924. The fraction of sp³-hybridized carbons (Fsp3) is 0.0484. The second-order valence-electron chi connectivity index (χ2n) is 18.4. The Kier molecular flexibility index (Phi) is 8.17. The summed E-state index contributed by atoms with van der Waals surface area (Å²) in [6.07, 6.45) is 0. The molecule has 1 aliphatic carbocycles. The van der Waals surface area contributed by atoms with E-state index in [9.17, 15) is 0 Å². The summed E-state index contributed by atoms with van der Waals surface area (Å²) in [4.78, 5) is 15.8. The van der Waals surface area contributed by atoms with Crippen LogP contribution in [0.15, 0.2) is 206 Å². The number of rotatable bonds is 5. The summed E-state index contributed by atoms with van der Waals surface area (Å²) in [6.45, 7) is 4.63. The van der Waals surface area contributed by atoms with E-state index in [0.29, 0.717) is 17.5 Å². The predicted molar refractivity (Wildman–Crippen MR) is 281 cm³/mol. The van der Waals surface area contributed by atoms with Gasteiger partial charge in [0.25, 0.3) is 0 Å². The van der Waals surface area contributed by atoms with Crippen LogP contribution in [0.4, 0.5) is 0 Å². The summed E-state index contributed by atoms with van der Waals surface area (Å²) < 4.78 is 4.89. The zero-order chi connectivity index (χ0) is 44.4. The maximum absolute atomic E-state index is 5.30. The van der Waals surface area contributed by atoms with Gasteiger partial charge in [0.1, 0.15) is 0 Å². The first-order valence-corrected chi connectivity index (χ1v) is 23.7. The Hall–Kier alpha value is -8.25. The summed E-state index contributed by atoms with van der Waals surface area (Å²) in [5.74, 6) is 1.94. The van der Waals surface area contributed by atoms with E-state index in [0.717, 1.165) is 22.3 Å². The number of hydrogen-bond donors (Lipinski definition) is 0. The number of nitrogens with zero attached hydrogens (tertiary/aromatic N) is 4. The van der Waals surface area contributed by atoms with E-state index < -0.39 is 0 Å². The van der Waals surface area contributed by atoms with Crippen LogP contribution < -0.4 is 0 Å². The Morgan fingerprint density at radius 2 is 0.970 bits per heavy atom. The quantitative estimate of drug-likeness (QED) is 0.173. The predicted octanol–water partition coefficient (Wildman–Crippen LogP) is 16.6. The van der Waals surface area contributed by atoms with Crippen LogP contribution in [-0.4, -0.2) is 19.5 Å². The number of fused-ring (bicyclic) bond motifs is 11. The van der Waals surface area contributed by atoms with E-state index in [1.807, 2.05) is 11.3 Å². The third-order valence-electron chi connectivity index (χ3n) is 14.2. The lowest BCUT2D eigenvalue weighted by atomic mass is 9.82. The van der Waals surface area contributed by atoms with Gasteiger partial charge in [0.15, 0.2) is 17.5 Å². The lowest BCUT2D eigenvalue weighted by molar-refractivity contribution is 0.660. The number of aromatic nitrogens is 4. The van der Waals surface area contributed by atoms with Gasteiger partial charge in [0, 0.05) is 48.4 Å². The highest BCUT2D eigenvalue weighted by molar-refractivity contribution is 7.26. The minimum Gasteiger partial charge on any atom is -0.308 e. The molecule has 0 radical (unpaired) electrons. The van der Waals surface area contributed by atoms with Gasteiger partial charge in [0.2, 0.25) is 0 Å². The summed E-state index contributed by atoms with van der Waals surface area (Å²) >= 11 is 1.83. The van der Waals surface area contributed by atoms with Crippen LogP contribution in [0, 0.1) is 0 Å². The first-order chi connectivity index (χ1) is 32.9. The largest absolute Gasteiger partial charge is 0.308 e. The zero-order valence-corrected chi connectivity index (χ0v) is 37.6. The highest BCUT2D eigenvalue weighted by atomic mass is 32.1. The van der Waals surface area contributed by atoms with Crippen molar-refractivity contribution in [3.05, 3.63) is 217 Å². The van der Waals surface area contributed by atoms with Crippen LogP contribution in [0.1, 0.15) is 25.0 Å². The van der Waals surface area contributed by atoms with Gasteiger partial charge in [-0.1, -0.05) is 178 Å². The van der Waals surface area contributed by atoms with E-state index in [1.165, 1.54) is 97.0 Å². The summed E-state index contributed by atoms with van der Waals surface area (Å²) in [6, 6.07) is 74.9. The van der Waals surface area contributed by atoms with Gasteiger partial charge >= 0.3 is 0 Å². The zero-order valence-electron chi connectivity index (χ0n) is 36.8. The third-order valence-corrected chi connectivity index (χ3v) is 15.4. The van der Waals surface area contributed by atoms with E-state index in [2.05, 4.69) is 225 Å². The van der Waals surface area contributed by atoms with Gasteiger partial charge in [-0.05, 0) is 97.4 Å². The molecule has 1 aliphatic rings. The molecule has 314 valence electrons. The SMILES string of the molecule is CC1(C)c2ccccc2-c2cc(-c3nc(-c4ccc(-c5ccc6ccccc6c5)cc4)nc(-c4ccc5c(c4)sc4c(-n6c7ccccc7c7cc8ccccc8cc76)cccc45)n3)ccc21. The molecule has 0 N–H and O–H groups in total. The Morgan fingerprint density at radius 3 is 1.79 bits per heavy atom. The number of hydrogen-bond acceptors (Lipinski definition) is 4. The normalized spacial score (nSPS) is 13.0. The van der Waals surface area contributed by atoms with Gasteiger partial charge in [-0.3, -0.25) is 0 Å². The average Bonchev–Trinajstić information content (AvgIpc) is 3.99. The van der Waals surface area contributed by atoms with Crippen molar-refractivity contribution in [3.63, 3.8) is 0 Å². The van der Waals surface area contributed by atoms with Crippen molar-refractivity contribution in [2.24, 2.45) is 0 Å². The van der Waals surface area contributed by atoms with E-state index >= 15 is 0 Å². The molecule has 0 saturated carbocycles. The molecule has 3 heterocycles. The fourth-order valence-corrected chi connectivity index (χ4v) is 12.1. The van der Waals surface area contributed by atoms with Crippen molar-refractivity contribution in [1.29, 1.82) is 0 Å². The molecule has 0 amide bonds. The van der Waals surface area contributed by atoms with Gasteiger partial charge in [-0.2, -0.15) is 0 Å². The molecule has 13 aromatic rings. The van der Waals surface area contributed by atoms with Gasteiger partial charge in [0.05, 0.1) is 21.4 Å². The molecule has 0 aliphatic heterocycles. The van der Waals surface area contributed by atoms with Crippen LogP contribution >= 0.6 is 11.3 Å². The lowest BCUT2D eigenvalue weighted by Crippen LogP contribution is -2.14. The molecular formula is C62H40N4S. The number of para-hydroxylation sites is 1. The topological polar surface area (TPSA) is 43.6 Å². The third kappa shape index (κ3) is 5.88. The second-order valence-corrected chi connectivity index (χ2v) is 19.5. The van der Waals surface area contributed by atoms with Crippen molar-refractivity contribution >= 4 is 74.9 Å². The standard InChI is InChI=1S/C62H40N4S/c1-62(2)52-19-9-7-16-46(52)50-34-44(29-31-53(50)62)60-63-59(39-25-22-38(23-26-39)43-27-24-37-12-3-4-13-40(37)32-43)64-61(65-60)45-28-30-48-49-18-11-21-55(58(49)67-57(48)36-45)66-54-20-10-8-17-47(54)51-33-41-14-5-6-15-42(41)35-56(51)66/h3-36H,1-2H3. The van der Waals surface area contributed by atoms with E-state index in [-0.39, 0.29) is 5.41 Å². The molecular weight excluding hydrogens is 833 g/mol. The minimum atomic E-state index is -0.0951. The summed E-state index contributed by atoms with van der Waals surface area (Å²) in [5, 5.41) is 9.91. The molecule has 5 heteroatoms. The number of benzene rings is 10. The maximum Gasteiger partial charge on any atom is 0.164 e. The van der Waals surface area contributed by atoms with Gasteiger partial charge < -0.3 is 4.57 Å². The highest BCUT2D eigenvalue weighted by Gasteiger charge is 2.35. The van der Waals surface area contributed by atoms with Crippen LogP contribution in [0.25, 0.3) is 126 Å². The van der Waals surface area contributed by atoms with Crippen LogP contribution in [-0.2, 0) is 5.41 Å². The molecule has 0 spiro atoms. The Bertz CT molecular complexity index is 4190. The molecule has 14 rings (SSSR count). The van der Waals surface area contributed by atoms with Crippen molar-refractivity contribution in [3.8, 4) is 62.1 Å². The first-order valence-electron chi connectivity index (χ1n) is 22.9. The number of thiophene rings is 1.